The van der Waals surface area contributed by atoms with Gasteiger partial charge in [-0.05, 0) is 58.9 Å². The molecule has 0 fully saturated rings. The van der Waals surface area contributed by atoms with E-state index in [9.17, 15) is 13.2 Å². The number of carbonyl (C=O) groups excluding carboxylic acids is 1. The number of hydrogen-bond donors (Lipinski definition) is 0. The maximum Gasteiger partial charge on any atom is 0.327 e. The fourth-order valence-electron chi connectivity index (χ4n) is 1.60. The first-order chi connectivity index (χ1) is 9.78. The molecule has 0 N–H and O–H groups in total. The molecular weight excluding hydrogens is 370 g/mol. The quantitative estimate of drug-likeness (QED) is 0.739. The molecule has 0 aliphatic rings. The molecule has 0 aliphatic carbocycles. The summed E-state index contributed by atoms with van der Waals surface area (Å²) in [5.74, 6) is -0.594. The molecule has 22 heavy (non-hydrogen) atoms. The highest BCUT2D eigenvalue weighted by Crippen LogP contribution is 2.26. The Morgan fingerprint density at radius 1 is 1.09 bits per heavy atom. The molecule has 0 aliphatic heterocycles. The van der Waals surface area contributed by atoms with Crippen LogP contribution in [0.5, 0.6) is 0 Å². The zero-order valence-electron chi connectivity index (χ0n) is 13.7. The van der Waals surface area contributed by atoms with Gasteiger partial charge in [-0.3, -0.25) is 4.79 Å². The maximum atomic E-state index is 12.7. The van der Waals surface area contributed by atoms with Gasteiger partial charge < -0.3 is 4.74 Å². The first-order valence-electron chi connectivity index (χ1n) is 6.76. The van der Waals surface area contributed by atoms with Crippen molar-refractivity contribution in [3.63, 3.8) is 0 Å². The van der Waals surface area contributed by atoms with E-state index in [0.717, 1.165) is 8.78 Å². The monoisotopic (exact) mass is 391 g/mol. The van der Waals surface area contributed by atoms with Crippen LogP contribution in [-0.4, -0.2) is 36.9 Å². The van der Waals surface area contributed by atoms with Gasteiger partial charge in [-0.1, -0.05) is 15.9 Å². The van der Waals surface area contributed by atoms with Crippen LogP contribution >= 0.6 is 15.9 Å². The van der Waals surface area contributed by atoms with Crippen molar-refractivity contribution in [1.82, 2.24) is 4.31 Å². The molecule has 7 heteroatoms. The van der Waals surface area contributed by atoms with Gasteiger partial charge in [0.25, 0.3) is 0 Å². The Morgan fingerprint density at radius 3 is 1.95 bits per heavy atom. The minimum absolute atomic E-state index is 0.120. The van der Waals surface area contributed by atoms with Crippen LogP contribution < -0.4 is 0 Å². The van der Waals surface area contributed by atoms with E-state index in [4.69, 9.17) is 4.74 Å². The first kappa shape index (κ1) is 19.1. The van der Waals surface area contributed by atoms with Crippen molar-refractivity contribution < 1.29 is 17.9 Å². The summed E-state index contributed by atoms with van der Waals surface area (Å²) >= 11 is 3.26. The molecule has 0 spiro atoms. The predicted octanol–water partition coefficient (Wildman–Crippen LogP) is 3.19. The molecule has 0 amide bonds. The zero-order valence-corrected chi connectivity index (χ0v) is 16.1. The number of nitrogens with zero attached hydrogens (tertiary/aromatic N) is 1. The molecule has 0 bridgehead atoms. The summed E-state index contributed by atoms with van der Waals surface area (Å²) in [7, 11) is -2.43. The Labute approximate surface area is 140 Å². The van der Waals surface area contributed by atoms with Crippen molar-refractivity contribution in [2.24, 2.45) is 0 Å². The van der Waals surface area contributed by atoms with Crippen molar-refractivity contribution in [1.29, 1.82) is 0 Å². The van der Waals surface area contributed by atoms with Crippen LogP contribution in [0.2, 0.25) is 0 Å². The molecule has 0 unspecified atom stereocenters. The number of carbonyl (C=O) groups is 1. The number of likely N-dealkylation sites (N-methyl/N-ethyl adjacent to an activating group) is 1. The van der Waals surface area contributed by atoms with Gasteiger partial charge in [-0.2, -0.15) is 4.31 Å². The van der Waals surface area contributed by atoms with Crippen molar-refractivity contribution in [2.75, 3.05) is 7.05 Å². The lowest BCUT2D eigenvalue weighted by molar-refractivity contribution is -0.164. The van der Waals surface area contributed by atoms with E-state index in [1.54, 1.807) is 32.9 Å². The fraction of sp³-hybridized carbons (Fsp3) is 0.533. The topological polar surface area (TPSA) is 63.7 Å². The van der Waals surface area contributed by atoms with E-state index in [-0.39, 0.29) is 4.90 Å². The van der Waals surface area contributed by atoms with E-state index in [1.165, 1.54) is 33.0 Å². The second kappa shape index (κ2) is 6.29. The molecular formula is C15H22BrNO4S. The first-order valence-corrected chi connectivity index (χ1v) is 9.00. The van der Waals surface area contributed by atoms with Crippen molar-refractivity contribution in [3.8, 4) is 0 Å². The van der Waals surface area contributed by atoms with E-state index >= 15 is 0 Å². The van der Waals surface area contributed by atoms with Gasteiger partial charge in [0, 0.05) is 11.5 Å². The van der Waals surface area contributed by atoms with Gasteiger partial charge >= 0.3 is 5.97 Å². The second-order valence-corrected chi connectivity index (χ2v) is 9.37. The van der Waals surface area contributed by atoms with Crippen LogP contribution in [0.15, 0.2) is 33.6 Å². The number of ether oxygens (including phenoxy) is 1. The van der Waals surface area contributed by atoms with Gasteiger partial charge in [0.2, 0.25) is 10.0 Å². The highest BCUT2D eigenvalue weighted by molar-refractivity contribution is 9.10. The fourth-order valence-corrected chi connectivity index (χ4v) is 3.33. The van der Waals surface area contributed by atoms with Gasteiger partial charge in [0.05, 0.1) is 4.90 Å². The molecule has 124 valence electrons. The Bertz CT molecular complexity index is 645. The highest BCUT2D eigenvalue weighted by Gasteiger charge is 2.42. The molecule has 0 aromatic heterocycles. The standard InChI is InChI=1S/C15H22BrNO4S/c1-14(2,3)21-13(18)15(4,5)17(6)22(19,20)12-9-7-11(16)8-10-12/h7-10H,1-6H3. The van der Waals surface area contributed by atoms with Crippen LogP contribution in [0.4, 0.5) is 0 Å². The van der Waals surface area contributed by atoms with E-state index in [2.05, 4.69) is 15.9 Å². The third kappa shape index (κ3) is 4.30. The predicted molar refractivity (Wildman–Crippen MR) is 89.0 cm³/mol. The number of hydrogen-bond acceptors (Lipinski definition) is 4. The molecule has 0 radical (unpaired) electrons. The van der Waals surface area contributed by atoms with Gasteiger partial charge in [0.15, 0.2) is 0 Å². The van der Waals surface area contributed by atoms with E-state index < -0.39 is 27.1 Å². The second-order valence-electron chi connectivity index (χ2n) is 6.49. The van der Waals surface area contributed by atoms with Gasteiger partial charge in [-0.25, -0.2) is 8.42 Å². The normalized spacial score (nSPS) is 13.3. The van der Waals surface area contributed by atoms with Crippen molar-refractivity contribution in [2.45, 2.75) is 50.7 Å². The van der Waals surface area contributed by atoms with Crippen molar-refractivity contribution in [3.05, 3.63) is 28.7 Å². The Morgan fingerprint density at radius 2 is 1.55 bits per heavy atom. The number of sulfonamides is 1. The van der Waals surface area contributed by atoms with Gasteiger partial charge in [0.1, 0.15) is 11.1 Å². The Balaban J connectivity index is 3.14. The lowest BCUT2D eigenvalue weighted by Gasteiger charge is -2.34. The summed E-state index contributed by atoms with van der Waals surface area (Å²) in [5.41, 5.74) is -2.00. The Kier molecular flexibility index (Phi) is 5.47. The number of benzene rings is 1. The minimum Gasteiger partial charge on any atom is -0.459 e. The molecule has 1 aromatic rings. The molecule has 0 heterocycles. The molecule has 0 saturated carbocycles. The Hall–Kier alpha value is -0.920. The third-order valence-corrected chi connectivity index (χ3v) is 5.73. The number of halogens is 1. The molecule has 5 nitrogen and oxygen atoms in total. The lowest BCUT2D eigenvalue weighted by Crippen LogP contribution is -2.52. The van der Waals surface area contributed by atoms with E-state index in [1.807, 2.05) is 0 Å². The largest absolute Gasteiger partial charge is 0.459 e. The molecule has 1 rings (SSSR count). The zero-order chi connectivity index (χ0) is 17.3. The van der Waals surface area contributed by atoms with Crippen LogP contribution in [0.3, 0.4) is 0 Å². The number of rotatable bonds is 4. The summed E-state index contributed by atoms with van der Waals surface area (Å²) in [6.45, 7) is 8.27. The average molecular weight is 392 g/mol. The SMILES string of the molecule is CN(C(C)(C)C(=O)OC(C)(C)C)S(=O)(=O)c1ccc(Br)cc1. The summed E-state index contributed by atoms with van der Waals surface area (Å²) < 4.78 is 32.5. The van der Waals surface area contributed by atoms with Crippen LogP contribution in [-0.2, 0) is 19.6 Å². The van der Waals surface area contributed by atoms with Crippen LogP contribution in [0, 0.1) is 0 Å². The van der Waals surface area contributed by atoms with Crippen LogP contribution in [0.1, 0.15) is 34.6 Å². The van der Waals surface area contributed by atoms with Gasteiger partial charge in [-0.15, -0.1) is 0 Å². The maximum absolute atomic E-state index is 12.7. The summed E-state index contributed by atoms with van der Waals surface area (Å²) in [6, 6.07) is 6.25. The van der Waals surface area contributed by atoms with E-state index in [0.29, 0.717) is 0 Å². The molecule has 0 saturated heterocycles. The average Bonchev–Trinajstić information content (AvgIpc) is 2.36. The van der Waals surface area contributed by atoms with Crippen molar-refractivity contribution >= 4 is 31.9 Å². The minimum atomic E-state index is -3.80. The lowest BCUT2D eigenvalue weighted by atomic mass is 10.1. The highest BCUT2D eigenvalue weighted by atomic mass is 79.9. The van der Waals surface area contributed by atoms with Crippen LogP contribution in [0.25, 0.3) is 0 Å². The summed E-state index contributed by atoms with van der Waals surface area (Å²) in [6.07, 6.45) is 0. The number of esters is 1. The molecule has 1 aromatic carbocycles. The third-order valence-electron chi connectivity index (χ3n) is 3.16. The summed E-state index contributed by atoms with van der Waals surface area (Å²) in [4.78, 5) is 12.4. The smallest absolute Gasteiger partial charge is 0.327 e. The summed E-state index contributed by atoms with van der Waals surface area (Å²) in [5, 5.41) is 0. The molecule has 0 atom stereocenters.